The topological polar surface area (TPSA) is 58.5 Å². The van der Waals surface area contributed by atoms with Crippen LogP contribution >= 0.6 is 31.9 Å². The third kappa shape index (κ3) is 4.71. The van der Waals surface area contributed by atoms with Crippen molar-refractivity contribution in [3.63, 3.8) is 0 Å². The molecule has 0 atom stereocenters. The zero-order chi connectivity index (χ0) is 30.7. The summed E-state index contributed by atoms with van der Waals surface area (Å²) in [5.41, 5.74) is 12.7. The van der Waals surface area contributed by atoms with E-state index in [2.05, 4.69) is 141 Å². The number of nitrogens with zero attached hydrogens (tertiary/aromatic N) is 2. The van der Waals surface area contributed by atoms with Crippen LogP contribution in [0.2, 0.25) is 0 Å². The van der Waals surface area contributed by atoms with Gasteiger partial charge in [0.15, 0.2) is 6.29 Å². The summed E-state index contributed by atoms with van der Waals surface area (Å²) < 4.78 is 6.37. The van der Waals surface area contributed by atoms with Crippen molar-refractivity contribution in [2.24, 2.45) is 0 Å². The van der Waals surface area contributed by atoms with Gasteiger partial charge in [-0.05, 0) is 117 Å². The van der Waals surface area contributed by atoms with Gasteiger partial charge in [0.05, 0.1) is 0 Å². The lowest BCUT2D eigenvalue weighted by atomic mass is 10.0. The molecule has 8 rings (SSSR count). The van der Waals surface area contributed by atoms with Crippen LogP contribution in [0.4, 0.5) is 0 Å². The minimum Gasteiger partial charge on any atom is -0.354 e. The number of carbonyl (C=O) groups excluding carboxylic acids is 1. The van der Waals surface area contributed by atoms with E-state index in [1.165, 1.54) is 66.0 Å². The molecule has 4 aromatic heterocycles. The van der Waals surface area contributed by atoms with Gasteiger partial charge >= 0.3 is 0 Å². The number of benzene rings is 4. The number of hydrogen-bond acceptors (Lipinski definition) is 1. The van der Waals surface area contributed by atoms with Crippen LogP contribution in [-0.4, -0.2) is 25.4 Å². The smallest absolute Gasteiger partial charge is 0.151 e. The minimum absolute atomic E-state index is 0.684. The fraction of sp³-hybridized carbons (Fsp3) is 0.108. The Morgan fingerprint density at radius 1 is 0.636 bits per heavy atom. The molecule has 0 fully saturated rings. The zero-order valence-electron chi connectivity index (χ0n) is 24.8. The van der Waals surface area contributed by atoms with Crippen molar-refractivity contribution in [2.75, 3.05) is 0 Å². The fourth-order valence-corrected chi connectivity index (χ4v) is 7.11. The van der Waals surface area contributed by atoms with Gasteiger partial charge in [-0.1, -0.05) is 31.9 Å². The average Bonchev–Trinajstić information content (AvgIpc) is 3.82. The lowest BCUT2D eigenvalue weighted by Gasteiger charge is -2.11. The van der Waals surface area contributed by atoms with Crippen molar-refractivity contribution < 1.29 is 4.79 Å². The fourth-order valence-electron chi connectivity index (χ4n) is 6.39. The third-order valence-corrected chi connectivity index (χ3v) is 9.53. The molecule has 0 radical (unpaired) electrons. The Balaban J connectivity index is 0.000000143. The molecule has 5 nitrogen and oxygen atoms in total. The van der Waals surface area contributed by atoms with Crippen LogP contribution in [0.3, 0.4) is 0 Å². The van der Waals surface area contributed by atoms with Gasteiger partial charge in [-0.3, -0.25) is 4.79 Å². The first-order valence-electron chi connectivity index (χ1n) is 14.4. The number of rotatable bonds is 3. The summed E-state index contributed by atoms with van der Waals surface area (Å²) >= 11 is 7.15. The molecule has 0 unspecified atom stereocenters. The van der Waals surface area contributed by atoms with E-state index in [0.29, 0.717) is 5.56 Å². The van der Waals surface area contributed by atoms with Crippen molar-refractivity contribution in [2.45, 2.75) is 27.7 Å². The van der Waals surface area contributed by atoms with Gasteiger partial charge in [0.2, 0.25) is 0 Å². The van der Waals surface area contributed by atoms with E-state index in [9.17, 15) is 4.79 Å². The predicted octanol–water partition coefficient (Wildman–Crippen LogP) is 10.8. The SMILES string of the molecule is Cc1cc(-n2ccc(C=O)c2)c(C)c2c1[nH]c1ccc(Br)cc12.Cc1cc(-n2cccc2)c(C)c2c1[nH]c1ccc(Br)cc12. The monoisotopic (exact) mass is 704 g/mol. The van der Waals surface area contributed by atoms with Crippen molar-refractivity contribution in [3.05, 3.63) is 128 Å². The van der Waals surface area contributed by atoms with Gasteiger partial charge in [-0.15, -0.1) is 0 Å². The number of halogens is 2. The summed E-state index contributed by atoms with van der Waals surface area (Å²) in [6.45, 7) is 8.61. The Labute approximate surface area is 271 Å². The zero-order valence-corrected chi connectivity index (χ0v) is 28.0. The van der Waals surface area contributed by atoms with Crippen molar-refractivity contribution in [3.8, 4) is 11.4 Å². The van der Waals surface area contributed by atoms with Crippen molar-refractivity contribution >= 4 is 81.8 Å². The summed E-state index contributed by atoms with van der Waals surface area (Å²) in [5, 5.41) is 5.03. The van der Waals surface area contributed by atoms with Crippen LogP contribution in [0.15, 0.2) is 100 Å². The number of aryl methyl sites for hydroxylation is 4. The molecule has 4 aromatic carbocycles. The Kier molecular flexibility index (Phi) is 7.10. The molecule has 7 heteroatoms. The lowest BCUT2D eigenvalue weighted by Crippen LogP contribution is -1.96. The molecule has 0 amide bonds. The second-order valence-electron chi connectivity index (χ2n) is 11.4. The third-order valence-electron chi connectivity index (χ3n) is 8.55. The predicted molar refractivity (Wildman–Crippen MR) is 190 cm³/mol. The largest absolute Gasteiger partial charge is 0.354 e. The first kappa shape index (κ1) is 28.4. The number of aromatic amines is 2. The second-order valence-corrected chi connectivity index (χ2v) is 13.2. The molecule has 0 bridgehead atoms. The number of fused-ring (bicyclic) bond motifs is 6. The highest BCUT2D eigenvalue weighted by molar-refractivity contribution is 9.10. The number of nitrogens with one attached hydrogen (secondary N) is 2. The van der Waals surface area contributed by atoms with E-state index in [1.807, 2.05) is 29.1 Å². The van der Waals surface area contributed by atoms with Gasteiger partial charge < -0.3 is 19.1 Å². The van der Waals surface area contributed by atoms with Gasteiger partial charge in [0.1, 0.15) is 0 Å². The summed E-state index contributed by atoms with van der Waals surface area (Å²) in [6.07, 6.45) is 8.87. The Morgan fingerprint density at radius 3 is 1.61 bits per heavy atom. The normalized spacial score (nSPS) is 11.5. The highest BCUT2D eigenvalue weighted by Gasteiger charge is 2.15. The van der Waals surface area contributed by atoms with Crippen LogP contribution in [0.25, 0.3) is 55.0 Å². The molecule has 0 aliphatic rings. The first-order chi connectivity index (χ1) is 21.2. The first-order valence-corrected chi connectivity index (χ1v) is 16.0. The van der Waals surface area contributed by atoms with E-state index in [1.54, 1.807) is 0 Å². The van der Waals surface area contributed by atoms with Crippen LogP contribution in [0.5, 0.6) is 0 Å². The summed E-state index contributed by atoms with van der Waals surface area (Å²) in [5.74, 6) is 0. The van der Waals surface area contributed by atoms with Gasteiger partial charge in [0.25, 0.3) is 0 Å². The van der Waals surface area contributed by atoms with Crippen LogP contribution in [0, 0.1) is 27.7 Å². The van der Waals surface area contributed by atoms with E-state index < -0.39 is 0 Å². The second kappa shape index (κ2) is 11.0. The highest BCUT2D eigenvalue weighted by atomic mass is 79.9. The maximum absolute atomic E-state index is 11.0. The molecule has 0 saturated heterocycles. The summed E-state index contributed by atoms with van der Waals surface area (Å²) in [6, 6.07) is 23.1. The molecule has 0 aliphatic heterocycles. The maximum atomic E-state index is 11.0. The quantitative estimate of drug-likeness (QED) is 0.177. The minimum atomic E-state index is 0.684. The molecule has 8 aromatic rings. The average molecular weight is 706 g/mol. The van der Waals surface area contributed by atoms with Crippen LogP contribution in [-0.2, 0) is 0 Å². The molecule has 0 aliphatic carbocycles. The van der Waals surface area contributed by atoms with Gasteiger partial charge in [-0.2, -0.15) is 0 Å². The van der Waals surface area contributed by atoms with Crippen LogP contribution < -0.4 is 0 Å². The molecule has 0 saturated carbocycles. The van der Waals surface area contributed by atoms with Gasteiger partial charge in [-0.25, -0.2) is 0 Å². The van der Waals surface area contributed by atoms with Gasteiger partial charge in [0, 0.05) is 94.3 Å². The number of hydrogen-bond donors (Lipinski definition) is 2. The van der Waals surface area contributed by atoms with Crippen molar-refractivity contribution in [1.82, 2.24) is 19.1 Å². The van der Waals surface area contributed by atoms with Crippen LogP contribution in [0.1, 0.15) is 32.6 Å². The van der Waals surface area contributed by atoms with Crippen molar-refractivity contribution in [1.29, 1.82) is 0 Å². The molecule has 4 heterocycles. The Bertz CT molecular complexity index is 2370. The molecule has 44 heavy (non-hydrogen) atoms. The van der Waals surface area contributed by atoms with E-state index in [0.717, 1.165) is 26.4 Å². The van der Waals surface area contributed by atoms with E-state index in [4.69, 9.17) is 0 Å². The molecule has 2 N–H and O–H groups in total. The highest BCUT2D eigenvalue weighted by Crippen LogP contribution is 2.36. The standard InChI is InChI=1S/C19H15BrN2O.C18H15BrN2/c1-11-7-17(22-6-5-13(9-22)10-23)12(2)18-15-8-14(20)3-4-16(15)21-19(11)18;1-11-9-16(21-7-3-4-8-21)12(2)17-14-10-13(19)5-6-15(14)20-18(11)17/h3-10,21H,1-2H3;3-10,20H,1-2H3. The van der Waals surface area contributed by atoms with E-state index >= 15 is 0 Å². The Morgan fingerprint density at radius 2 is 1.14 bits per heavy atom. The number of aromatic nitrogens is 4. The lowest BCUT2D eigenvalue weighted by molar-refractivity contribution is 0.112. The number of aldehydes is 1. The molecule has 0 spiro atoms. The molecular formula is C37H30Br2N4O. The molecule has 218 valence electrons. The summed E-state index contributed by atoms with van der Waals surface area (Å²) in [4.78, 5) is 18.0. The summed E-state index contributed by atoms with van der Waals surface area (Å²) in [7, 11) is 0. The molecular weight excluding hydrogens is 676 g/mol. The van der Waals surface area contributed by atoms with E-state index in [-0.39, 0.29) is 0 Å². The maximum Gasteiger partial charge on any atom is 0.151 e. The Hall–Kier alpha value is -4.33. The number of carbonyl (C=O) groups is 1. The number of H-pyrrole nitrogens is 2.